The highest BCUT2D eigenvalue weighted by Crippen LogP contribution is 2.31. The van der Waals surface area contributed by atoms with E-state index in [1.807, 2.05) is 4.57 Å². The highest BCUT2D eigenvalue weighted by Gasteiger charge is 2.22. The van der Waals surface area contributed by atoms with Crippen LogP contribution in [-0.2, 0) is 11.3 Å². The first-order valence-electron chi connectivity index (χ1n) is 6.18. The number of carbonyl (C=O) groups is 1. The van der Waals surface area contributed by atoms with Crippen molar-refractivity contribution >= 4 is 5.97 Å². The van der Waals surface area contributed by atoms with Gasteiger partial charge < -0.3 is 9.67 Å². The number of rotatable bonds is 4. The van der Waals surface area contributed by atoms with Gasteiger partial charge in [0, 0.05) is 11.4 Å². The maximum atomic E-state index is 11.0. The lowest BCUT2D eigenvalue weighted by atomic mass is 10.0. The molecule has 0 bridgehead atoms. The van der Waals surface area contributed by atoms with Gasteiger partial charge in [0.25, 0.3) is 0 Å². The topological polar surface area (TPSA) is 42.2 Å². The number of aliphatic carboxylic acids is 1. The van der Waals surface area contributed by atoms with Gasteiger partial charge in [-0.3, -0.25) is 4.79 Å². The molecule has 1 heterocycles. The van der Waals surface area contributed by atoms with E-state index in [4.69, 9.17) is 5.11 Å². The number of hydrogen-bond donors (Lipinski definition) is 1. The second kappa shape index (κ2) is 4.94. The van der Waals surface area contributed by atoms with Crippen molar-refractivity contribution in [2.75, 3.05) is 0 Å². The highest BCUT2D eigenvalue weighted by molar-refractivity contribution is 5.67. The van der Waals surface area contributed by atoms with Gasteiger partial charge >= 0.3 is 5.97 Å². The Morgan fingerprint density at radius 1 is 1.06 bits per heavy atom. The maximum Gasteiger partial charge on any atom is 0.323 e. The summed E-state index contributed by atoms with van der Waals surface area (Å²) in [5.74, 6) is -0.0788. The summed E-state index contributed by atoms with van der Waals surface area (Å²) < 4.78 is 1.99. The predicted octanol–water partition coefficient (Wildman–Crippen LogP) is 3.44. The van der Waals surface area contributed by atoms with Crippen molar-refractivity contribution in [3.05, 3.63) is 22.5 Å². The minimum atomic E-state index is -0.774. The minimum Gasteiger partial charge on any atom is -0.480 e. The normalized spacial score (nSPS) is 11.5. The first-order chi connectivity index (χ1) is 7.77. The van der Waals surface area contributed by atoms with E-state index in [-0.39, 0.29) is 6.54 Å². The molecule has 0 radical (unpaired) electrons. The summed E-state index contributed by atoms with van der Waals surface area (Å²) in [6, 6.07) is 0. The Morgan fingerprint density at radius 2 is 1.41 bits per heavy atom. The van der Waals surface area contributed by atoms with Crippen LogP contribution in [0.1, 0.15) is 62.0 Å². The second-order valence-corrected chi connectivity index (χ2v) is 5.31. The predicted molar refractivity (Wildman–Crippen MR) is 69.7 cm³/mol. The molecule has 0 fully saturated rings. The summed E-state index contributed by atoms with van der Waals surface area (Å²) in [6.07, 6.45) is 0. The summed E-state index contributed by atoms with van der Waals surface area (Å²) in [7, 11) is 0. The van der Waals surface area contributed by atoms with Crippen LogP contribution >= 0.6 is 0 Å². The molecule has 0 aliphatic carbocycles. The summed E-state index contributed by atoms with van der Waals surface area (Å²) in [5.41, 5.74) is 4.80. The molecule has 0 spiro atoms. The van der Waals surface area contributed by atoms with E-state index in [9.17, 15) is 4.79 Å². The van der Waals surface area contributed by atoms with Crippen LogP contribution in [0.15, 0.2) is 0 Å². The summed E-state index contributed by atoms with van der Waals surface area (Å²) in [5, 5.41) is 9.06. The van der Waals surface area contributed by atoms with Gasteiger partial charge in [0.05, 0.1) is 0 Å². The molecule has 1 aromatic heterocycles. The Bertz CT molecular complexity index is 396. The number of hydrogen-bond acceptors (Lipinski definition) is 1. The van der Waals surface area contributed by atoms with Crippen molar-refractivity contribution in [1.82, 2.24) is 4.57 Å². The fourth-order valence-corrected chi connectivity index (χ4v) is 2.71. The van der Waals surface area contributed by atoms with Crippen molar-refractivity contribution < 1.29 is 9.90 Å². The molecule has 0 saturated carbocycles. The highest BCUT2D eigenvalue weighted by atomic mass is 16.4. The molecule has 1 aromatic rings. The molecule has 96 valence electrons. The lowest BCUT2D eigenvalue weighted by molar-refractivity contribution is -0.137. The molecule has 0 atom stereocenters. The standard InChI is InChI=1S/C14H23NO2/c1-8(2)13-10(5)11(6)14(9(3)4)15(13)7-12(16)17/h8-9H,7H2,1-6H3,(H,16,17). The third-order valence-electron chi connectivity index (χ3n) is 3.30. The minimum absolute atomic E-state index is 0.0652. The van der Waals surface area contributed by atoms with Crippen molar-refractivity contribution in [2.24, 2.45) is 0 Å². The summed E-state index contributed by atoms with van der Waals surface area (Å²) in [4.78, 5) is 11.0. The van der Waals surface area contributed by atoms with Crippen molar-refractivity contribution in [3.63, 3.8) is 0 Å². The molecule has 0 aromatic carbocycles. The zero-order valence-corrected chi connectivity index (χ0v) is 11.7. The fourth-order valence-electron chi connectivity index (χ4n) is 2.71. The smallest absolute Gasteiger partial charge is 0.323 e. The van der Waals surface area contributed by atoms with Gasteiger partial charge in [0.2, 0.25) is 0 Å². The third kappa shape index (κ3) is 2.54. The maximum absolute atomic E-state index is 11.0. The number of nitrogens with zero attached hydrogens (tertiary/aromatic N) is 1. The summed E-state index contributed by atoms with van der Waals surface area (Å²) in [6.45, 7) is 12.7. The van der Waals surface area contributed by atoms with E-state index in [1.54, 1.807) is 0 Å². The Hall–Kier alpha value is -1.25. The van der Waals surface area contributed by atoms with Crippen LogP contribution in [0, 0.1) is 13.8 Å². The van der Waals surface area contributed by atoms with E-state index >= 15 is 0 Å². The first-order valence-corrected chi connectivity index (χ1v) is 6.18. The fraction of sp³-hybridized carbons (Fsp3) is 0.643. The Kier molecular flexibility index (Phi) is 4.02. The molecular formula is C14H23NO2. The number of carboxylic acids is 1. The molecule has 3 heteroatoms. The first kappa shape index (κ1) is 13.8. The van der Waals surface area contributed by atoms with Crippen LogP contribution < -0.4 is 0 Å². The van der Waals surface area contributed by atoms with E-state index < -0.39 is 5.97 Å². The lowest BCUT2D eigenvalue weighted by Gasteiger charge is -2.16. The molecule has 0 amide bonds. The third-order valence-corrected chi connectivity index (χ3v) is 3.30. The average molecular weight is 237 g/mol. The van der Waals surface area contributed by atoms with Crippen molar-refractivity contribution in [1.29, 1.82) is 0 Å². The molecule has 1 rings (SSSR count). The monoisotopic (exact) mass is 237 g/mol. The molecular weight excluding hydrogens is 214 g/mol. The van der Waals surface area contributed by atoms with Gasteiger partial charge in [-0.05, 0) is 36.8 Å². The molecule has 1 N–H and O–H groups in total. The molecule has 0 unspecified atom stereocenters. The Morgan fingerprint density at radius 3 is 1.65 bits per heavy atom. The van der Waals surface area contributed by atoms with Crippen LogP contribution in [0.4, 0.5) is 0 Å². The van der Waals surface area contributed by atoms with Crippen LogP contribution in [0.3, 0.4) is 0 Å². The van der Waals surface area contributed by atoms with Crippen molar-refractivity contribution in [3.8, 4) is 0 Å². The van der Waals surface area contributed by atoms with E-state index in [0.717, 1.165) is 11.4 Å². The molecule has 3 nitrogen and oxygen atoms in total. The molecule has 0 aliphatic rings. The summed E-state index contributed by atoms with van der Waals surface area (Å²) >= 11 is 0. The van der Waals surface area contributed by atoms with E-state index in [1.165, 1.54) is 11.1 Å². The zero-order chi connectivity index (χ0) is 13.3. The van der Waals surface area contributed by atoms with Gasteiger partial charge in [-0.15, -0.1) is 0 Å². The largest absolute Gasteiger partial charge is 0.480 e. The quantitative estimate of drug-likeness (QED) is 0.871. The molecule has 0 saturated heterocycles. The van der Waals surface area contributed by atoms with Gasteiger partial charge in [0.1, 0.15) is 6.54 Å². The number of aromatic nitrogens is 1. The van der Waals surface area contributed by atoms with Crippen LogP contribution in [0.5, 0.6) is 0 Å². The van der Waals surface area contributed by atoms with Crippen LogP contribution in [0.2, 0.25) is 0 Å². The van der Waals surface area contributed by atoms with Crippen molar-refractivity contribution in [2.45, 2.75) is 59.9 Å². The van der Waals surface area contributed by atoms with Gasteiger partial charge in [-0.25, -0.2) is 0 Å². The van der Waals surface area contributed by atoms with Crippen LogP contribution in [0.25, 0.3) is 0 Å². The van der Waals surface area contributed by atoms with Gasteiger partial charge in [-0.1, -0.05) is 27.7 Å². The molecule has 0 aliphatic heterocycles. The second-order valence-electron chi connectivity index (χ2n) is 5.31. The average Bonchev–Trinajstić information content (AvgIpc) is 2.37. The zero-order valence-electron chi connectivity index (χ0n) is 11.7. The Balaban J connectivity index is 3.48. The van der Waals surface area contributed by atoms with Gasteiger partial charge in [0.15, 0.2) is 0 Å². The van der Waals surface area contributed by atoms with Gasteiger partial charge in [-0.2, -0.15) is 0 Å². The van der Waals surface area contributed by atoms with E-state index in [2.05, 4.69) is 41.5 Å². The van der Waals surface area contributed by atoms with Crippen LogP contribution in [-0.4, -0.2) is 15.6 Å². The molecule has 17 heavy (non-hydrogen) atoms. The van der Waals surface area contributed by atoms with E-state index in [0.29, 0.717) is 11.8 Å². The SMILES string of the molecule is Cc1c(C)c(C(C)C)n(CC(=O)O)c1C(C)C. The lowest BCUT2D eigenvalue weighted by Crippen LogP contribution is -2.16. The Labute approximate surface area is 103 Å². The number of carboxylic acid groups (broad SMARTS) is 1.